The van der Waals surface area contributed by atoms with Crippen molar-refractivity contribution in [2.45, 2.75) is 39.2 Å². The van der Waals surface area contributed by atoms with Crippen molar-refractivity contribution >= 4 is 0 Å². The number of nitrogens with zero attached hydrogens (tertiary/aromatic N) is 2. The third kappa shape index (κ3) is 4.28. The molecule has 1 aromatic heterocycles. The zero-order valence-corrected chi connectivity index (χ0v) is 10.3. The molecule has 0 aromatic carbocycles. The van der Waals surface area contributed by atoms with Gasteiger partial charge in [-0.25, -0.2) is 0 Å². The Balaban J connectivity index is 2.44. The lowest BCUT2D eigenvalue weighted by Gasteiger charge is -2.08. The number of rotatable bonds is 7. The van der Waals surface area contributed by atoms with E-state index in [9.17, 15) is 0 Å². The Morgan fingerprint density at radius 1 is 1.44 bits per heavy atom. The van der Waals surface area contributed by atoms with Crippen LogP contribution in [0.3, 0.4) is 0 Å². The summed E-state index contributed by atoms with van der Waals surface area (Å²) in [6.45, 7) is 4.95. The molecule has 5 nitrogen and oxygen atoms in total. The number of hydrogen-bond donors (Lipinski definition) is 1. The summed E-state index contributed by atoms with van der Waals surface area (Å²) in [5.74, 6) is 1.78. The topological polar surface area (TPSA) is 74.2 Å². The second-order valence-electron chi connectivity index (χ2n) is 4.38. The van der Waals surface area contributed by atoms with Crippen molar-refractivity contribution in [3.05, 3.63) is 11.7 Å². The third-order valence-corrected chi connectivity index (χ3v) is 2.28. The smallest absolute Gasteiger partial charge is 0.243 e. The quantitative estimate of drug-likeness (QED) is 0.717. The average molecular weight is 227 g/mol. The molecule has 16 heavy (non-hydrogen) atoms. The van der Waals surface area contributed by atoms with Gasteiger partial charge in [-0.3, -0.25) is 0 Å². The van der Waals surface area contributed by atoms with Crippen molar-refractivity contribution < 1.29 is 9.26 Å². The first-order valence-corrected chi connectivity index (χ1v) is 5.70. The first-order chi connectivity index (χ1) is 7.63. The normalized spacial score (nSPS) is 13.3. The highest BCUT2D eigenvalue weighted by molar-refractivity contribution is 4.92. The molecule has 1 aromatic rings. The van der Waals surface area contributed by atoms with Gasteiger partial charge in [0.05, 0.1) is 6.04 Å². The van der Waals surface area contributed by atoms with Crippen molar-refractivity contribution in [2.24, 2.45) is 11.7 Å². The van der Waals surface area contributed by atoms with Gasteiger partial charge in [0.2, 0.25) is 5.89 Å². The molecule has 1 rings (SSSR count). The van der Waals surface area contributed by atoms with Gasteiger partial charge in [0.15, 0.2) is 5.82 Å². The average Bonchev–Trinajstić information content (AvgIpc) is 2.66. The van der Waals surface area contributed by atoms with Crippen molar-refractivity contribution in [3.63, 3.8) is 0 Å². The van der Waals surface area contributed by atoms with Crippen LogP contribution in [0.1, 0.15) is 44.4 Å². The van der Waals surface area contributed by atoms with Crippen molar-refractivity contribution in [2.75, 3.05) is 13.7 Å². The van der Waals surface area contributed by atoms with Crippen molar-refractivity contribution in [1.82, 2.24) is 10.1 Å². The molecule has 1 heterocycles. The van der Waals surface area contributed by atoms with E-state index in [1.165, 1.54) is 0 Å². The van der Waals surface area contributed by atoms with E-state index in [4.69, 9.17) is 15.0 Å². The predicted octanol–water partition coefficient (Wildman–Crippen LogP) is 1.69. The minimum absolute atomic E-state index is 0.149. The molecule has 0 aliphatic heterocycles. The number of aryl methyl sites for hydroxylation is 1. The molecule has 0 aliphatic carbocycles. The highest BCUT2D eigenvalue weighted by Crippen LogP contribution is 2.16. The molecule has 0 amide bonds. The molecular weight excluding hydrogens is 206 g/mol. The van der Waals surface area contributed by atoms with Crippen molar-refractivity contribution in [1.29, 1.82) is 0 Å². The van der Waals surface area contributed by atoms with Gasteiger partial charge in [-0.2, -0.15) is 4.98 Å². The van der Waals surface area contributed by atoms with Gasteiger partial charge in [-0.15, -0.1) is 0 Å². The molecule has 2 N–H and O–H groups in total. The standard InChI is InChI=1S/C11H21N3O2/c1-8(2)7-9(12)11-13-10(14-16-11)5-4-6-15-3/h8-9H,4-7,12H2,1-3H3/t9-/m0/s1. The Bertz CT molecular complexity index is 299. The van der Waals surface area contributed by atoms with E-state index in [1.54, 1.807) is 7.11 Å². The Morgan fingerprint density at radius 2 is 2.19 bits per heavy atom. The van der Waals surface area contributed by atoms with Gasteiger partial charge in [0.25, 0.3) is 0 Å². The molecule has 0 saturated heterocycles. The van der Waals surface area contributed by atoms with E-state index in [0.29, 0.717) is 24.2 Å². The molecule has 0 aliphatic rings. The summed E-state index contributed by atoms with van der Waals surface area (Å²) < 4.78 is 10.1. The molecule has 0 saturated carbocycles. The fraction of sp³-hybridized carbons (Fsp3) is 0.818. The van der Waals surface area contributed by atoms with Crippen LogP contribution >= 0.6 is 0 Å². The fourth-order valence-electron chi connectivity index (χ4n) is 1.50. The minimum Gasteiger partial charge on any atom is -0.385 e. The highest BCUT2D eigenvalue weighted by Gasteiger charge is 2.15. The summed E-state index contributed by atoms with van der Waals surface area (Å²) in [5, 5.41) is 3.89. The molecule has 1 atom stereocenters. The van der Waals surface area contributed by atoms with Crippen LogP contribution < -0.4 is 5.73 Å². The second kappa shape index (κ2) is 6.60. The maximum atomic E-state index is 5.94. The summed E-state index contributed by atoms with van der Waals surface area (Å²) in [4.78, 5) is 4.28. The van der Waals surface area contributed by atoms with Crippen LogP contribution in [0.15, 0.2) is 4.52 Å². The zero-order chi connectivity index (χ0) is 12.0. The van der Waals surface area contributed by atoms with Crippen LogP contribution in [0, 0.1) is 5.92 Å². The van der Waals surface area contributed by atoms with E-state index in [2.05, 4.69) is 24.0 Å². The molecule has 92 valence electrons. The largest absolute Gasteiger partial charge is 0.385 e. The molecule has 0 spiro atoms. The van der Waals surface area contributed by atoms with Crippen LogP contribution in [0.4, 0.5) is 0 Å². The molecule has 0 radical (unpaired) electrons. The highest BCUT2D eigenvalue weighted by atomic mass is 16.5. The molecule has 0 unspecified atom stereocenters. The lowest BCUT2D eigenvalue weighted by molar-refractivity contribution is 0.194. The number of hydrogen-bond acceptors (Lipinski definition) is 5. The number of aromatic nitrogens is 2. The van der Waals surface area contributed by atoms with Crippen LogP contribution in [0.25, 0.3) is 0 Å². The predicted molar refractivity (Wildman–Crippen MR) is 60.9 cm³/mol. The summed E-state index contributed by atoms with van der Waals surface area (Å²) >= 11 is 0. The van der Waals surface area contributed by atoms with Crippen LogP contribution in [0.5, 0.6) is 0 Å². The number of nitrogens with two attached hydrogens (primary N) is 1. The van der Waals surface area contributed by atoms with Crippen molar-refractivity contribution in [3.8, 4) is 0 Å². The molecule has 0 bridgehead atoms. The number of methoxy groups -OCH3 is 1. The SMILES string of the molecule is COCCCc1noc([C@@H](N)CC(C)C)n1. The Kier molecular flexibility index (Phi) is 5.42. The van der Waals surface area contributed by atoms with Crippen LogP contribution in [-0.2, 0) is 11.2 Å². The molecule has 0 fully saturated rings. The fourth-order valence-corrected chi connectivity index (χ4v) is 1.50. The summed E-state index contributed by atoms with van der Waals surface area (Å²) in [7, 11) is 1.68. The van der Waals surface area contributed by atoms with Crippen LogP contribution in [0.2, 0.25) is 0 Å². The Morgan fingerprint density at radius 3 is 2.81 bits per heavy atom. The van der Waals surface area contributed by atoms with Crippen LogP contribution in [-0.4, -0.2) is 23.9 Å². The third-order valence-electron chi connectivity index (χ3n) is 2.28. The lowest BCUT2D eigenvalue weighted by Crippen LogP contribution is -2.13. The zero-order valence-electron chi connectivity index (χ0n) is 10.3. The summed E-state index contributed by atoms with van der Waals surface area (Å²) in [5.41, 5.74) is 5.94. The first kappa shape index (κ1) is 13.1. The number of ether oxygens (including phenoxy) is 1. The van der Waals surface area contributed by atoms with E-state index in [-0.39, 0.29) is 6.04 Å². The van der Waals surface area contributed by atoms with Gasteiger partial charge in [0, 0.05) is 20.1 Å². The maximum Gasteiger partial charge on any atom is 0.243 e. The molecule has 5 heteroatoms. The Labute approximate surface area is 96.4 Å². The van der Waals surface area contributed by atoms with Gasteiger partial charge in [-0.05, 0) is 18.8 Å². The van der Waals surface area contributed by atoms with Gasteiger partial charge in [0.1, 0.15) is 0 Å². The minimum atomic E-state index is -0.149. The first-order valence-electron chi connectivity index (χ1n) is 5.70. The summed E-state index contributed by atoms with van der Waals surface area (Å²) in [6.07, 6.45) is 2.53. The van der Waals surface area contributed by atoms with E-state index in [0.717, 1.165) is 19.3 Å². The van der Waals surface area contributed by atoms with E-state index >= 15 is 0 Å². The summed E-state index contributed by atoms with van der Waals surface area (Å²) in [6, 6.07) is -0.149. The maximum absolute atomic E-state index is 5.94. The van der Waals surface area contributed by atoms with E-state index < -0.39 is 0 Å². The van der Waals surface area contributed by atoms with Gasteiger partial charge in [-0.1, -0.05) is 19.0 Å². The van der Waals surface area contributed by atoms with E-state index in [1.807, 2.05) is 0 Å². The molecular formula is C11H21N3O2. The second-order valence-corrected chi connectivity index (χ2v) is 4.38. The Hall–Kier alpha value is -0.940. The lowest BCUT2D eigenvalue weighted by atomic mass is 10.0. The van der Waals surface area contributed by atoms with Gasteiger partial charge >= 0.3 is 0 Å². The monoisotopic (exact) mass is 227 g/mol. The van der Waals surface area contributed by atoms with Gasteiger partial charge < -0.3 is 15.0 Å².